The van der Waals surface area contributed by atoms with Crippen LogP contribution in [0, 0.1) is 0 Å². The summed E-state index contributed by atoms with van der Waals surface area (Å²) < 4.78 is 8.24. The fourth-order valence-electron chi connectivity index (χ4n) is 2.05. The smallest absolute Gasteiger partial charge is 0.0883 e. The first kappa shape index (κ1) is 10.0. The summed E-state index contributed by atoms with van der Waals surface area (Å²) in [4.78, 5) is 2.43. The summed E-state index contributed by atoms with van der Waals surface area (Å²) >= 11 is 1.29. The Bertz CT molecular complexity index is 264. The molecule has 4 nitrogen and oxygen atoms in total. The zero-order valence-corrected chi connectivity index (χ0v) is 9.42. The van der Waals surface area contributed by atoms with Crippen molar-refractivity contribution in [2.24, 2.45) is 0 Å². The van der Waals surface area contributed by atoms with E-state index in [9.17, 15) is 0 Å². The van der Waals surface area contributed by atoms with Crippen molar-refractivity contribution < 1.29 is 0 Å². The van der Waals surface area contributed by atoms with Gasteiger partial charge in [0.1, 0.15) is 0 Å². The van der Waals surface area contributed by atoms with Crippen molar-refractivity contribution in [2.75, 3.05) is 13.1 Å². The second-order valence-corrected chi connectivity index (χ2v) is 4.62. The van der Waals surface area contributed by atoms with Crippen LogP contribution in [0.4, 0.5) is 0 Å². The first-order chi connectivity index (χ1) is 6.74. The molecule has 1 aromatic heterocycles. The topological polar surface area (TPSA) is 41.1 Å². The normalized spacial score (nSPS) is 29.3. The summed E-state index contributed by atoms with van der Waals surface area (Å²) in [5, 5.41) is 3.51. The molecule has 1 aliphatic rings. The third-order valence-electron chi connectivity index (χ3n) is 2.43. The van der Waals surface area contributed by atoms with Gasteiger partial charge in [-0.15, -0.1) is 0 Å². The maximum absolute atomic E-state index is 4.23. The number of hydrogen-bond donors (Lipinski definition) is 1. The van der Waals surface area contributed by atoms with Gasteiger partial charge in [-0.25, -0.2) is 0 Å². The number of piperazine rings is 1. The van der Waals surface area contributed by atoms with Crippen LogP contribution in [0.15, 0.2) is 6.20 Å². The first-order valence-electron chi connectivity index (χ1n) is 4.99. The minimum absolute atomic E-state index is 0.574. The molecule has 1 N–H and O–H groups in total. The summed E-state index contributed by atoms with van der Waals surface area (Å²) in [6.07, 6.45) is 1.86. The van der Waals surface area contributed by atoms with Gasteiger partial charge in [0, 0.05) is 31.7 Å². The van der Waals surface area contributed by atoms with Gasteiger partial charge in [-0.05, 0) is 13.8 Å². The number of hydrogen-bond acceptors (Lipinski definition) is 5. The van der Waals surface area contributed by atoms with E-state index in [2.05, 4.69) is 32.8 Å². The second-order valence-electron chi connectivity index (χ2n) is 4.06. The van der Waals surface area contributed by atoms with Gasteiger partial charge >= 0.3 is 0 Å². The van der Waals surface area contributed by atoms with Crippen molar-refractivity contribution in [3.05, 3.63) is 11.9 Å². The maximum Gasteiger partial charge on any atom is 0.0883 e. The van der Waals surface area contributed by atoms with Crippen LogP contribution in [0.3, 0.4) is 0 Å². The molecule has 2 rings (SSSR count). The molecule has 0 spiro atoms. The van der Waals surface area contributed by atoms with Crippen LogP contribution in [0.25, 0.3) is 0 Å². The van der Waals surface area contributed by atoms with Crippen LogP contribution in [-0.2, 0) is 6.54 Å². The van der Waals surface area contributed by atoms with Crippen molar-refractivity contribution in [3.8, 4) is 0 Å². The highest BCUT2D eigenvalue weighted by atomic mass is 32.1. The van der Waals surface area contributed by atoms with Crippen LogP contribution < -0.4 is 5.32 Å². The average Bonchev–Trinajstić information content (AvgIpc) is 2.54. The van der Waals surface area contributed by atoms with Crippen molar-refractivity contribution in [3.63, 3.8) is 0 Å². The Balaban J connectivity index is 1.91. The molecule has 1 aromatic rings. The summed E-state index contributed by atoms with van der Waals surface area (Å²) in [6.45, 7) is 7.58. The average molecular weight is 212 g/mol. The molecule has 0 bridgehead atoms. The SMILES string of the molecule is CC1CN(Cc2cnsn2)CC(C)N1. The lowest BCUT2D eigenvalue weighted by molar-refractivity contribution is 0.165. The maximum atomic E-state index is 4.23. The predicted octanol–water partition coefficient (Wildman–Crippen LogP) is 0.720. The molecule has 2 atom stereocenters. The molecule has 0 radical (unpaired) electrons. The van der Waals surface area contributed by atoms with Gasteiger partial charge in [0.15, 0.2) is 0 Å². The molecule has 1 fully saturated rings. The second kappa shape index (κ2) is 4.33. The fourth-order valence-corrected chi connectivity index (χ4v) is 2.48. The van der Waals surface area contributed by atoms with E-state index in [4.69, 9.17) is 0 Å². The summed E-state index contributed by atoms with van der Waals surface area (Å²) in [5.41, 5.74) is 1.09. The third kappa shape index (κ3) is 2.50. The lowest BCUT2D eigenvalue weighted by Gasteiger charge is -2.35. The standard InChI is InChI=1S/C9H16N4S/c1-7-4-13(5-8(2)11-7)6-9-3-10-14-12-9/h3,7-8,11H,4-6H2,1-2H3. The van der Waals surface area contributed by atoms with E-state index >= 15 is 0 Å². The monoisotopic (exact) mass is 212 g/mol. The Labute approximate surface area is 88.7 Å². The highest BCUT2D eigenvalue weighted by Gasteiger charge is 2.21. The number of nitrogens with zero attached hydrogens (tertiary/aromatic N) is 3. The van der Waals surface area contributed by atoms with E-state index in [1.54, 1.807) is 0 Å². The van der Waals surface area contributed by atoms with Gasteiger partial charge in [0.05, 0.1) is 23.6 Å². The van der Waals surface area contributed by atoms with E-state index < -0.39 is 0 Å². The lowest BCUT2D eigenvalue weighted by Crippen LogP contribution is -2.53. The minimum Gasteiger partial charge on any atom is -0.309 e. The zero-order valence-electron chi connectivity index (χ0n) is 8.60. The van der Waals surface area contributed by atoms with Crippen LogP contribution in [0.2, 0.25) is 0 Å². The Morgan fingerprint density at radius 1 is 1.50 bits per heavy atom. The predicted molar refractivity (Wildman–Crippen MR) is 57.2 cm³/mol. The van der Waals surface area contributed by atoms with Crippen LogP contribution in [0.1, 0.15) is 19.5 Å². The van der Waals surface area contributed by atoms with Crippen LogP contribution >= 0.6 is 11.7 Å². The van der Waals surface area contributed by atoms with Gasteiger partial charge < -0.3 is 5.32 Å². The lowest BCUT2D eigenvalue weighted by atomic mass is 10.1. The fraction of sp³-hybridized carbons (Fsp3) is 0.778. The number of nitrogens with one attached hydrogen (secondary N) is 1. The van der Waals surface area contributed by atoms with Crippen LogP contribution in [0.5, 0.6) is 0 Å². The molecule has 0 aliphatic carbocycles. The molecular weight excluding hydrogens is 196 g/mol. The molecule has 5 heteroatoms. The van der Waals surface area contributed by atoms with Crippen molar-refractivity contribution in [1.82, 2.24) is 19.0 Å². The quantitative estimate of drug-likeness (QED) is 0.784. The molecule has 0 amide bonds. The van der Waals surface area contributed by atoms with E-state index in [0.717, 1.165) is 25.3 Å². The Hall–Kier alpha value is -0.520. The Morgan fingerprint density at radius 2 is 2.21 bits per heavy atom. The summed E-state index contributed by atoms with van der Waals surface area (Å²) in [6, 6.07) is 1.15. The van der Waals surface area contributed by atoms with E-state index in [1.165, 1.54) is 11.7 Å². The highest BCUT2D eigenvalue weighted by molar-refractivity contribution is 6.99. The molecule has 0 aromatic carbocycles. The minimum atomic E-state index is 0.574. The molecule has 78 valence electrons. The van der Waals surface area contributed by atoms with Gasteiger partial charge in [0.25, 0.3) is 0 Å². The van der Waals surface area contributed by atoms with Gasteiger partial charge in [-0.1, -0.05) is 0 Å². The molecule has 1 saturated heterocycles. The largest absolute Gasteiger partial charge is 0.309 e. The molecule has 1 aliphatic heterocycles. The van der Waals surface area contributed by atoms with Gasteiger partial charge in [0.2, 0.25) is 0 Å². The molecule has 0 saturated carbocycles. The third-order valence-corrected chi connectivity index (χ3v) is 2.94. The Morgan fingerprint density at radius 3 is 2.79 bits per heavy atom. The Kier molecular flexibility index (Phi) is 3.10. The van der Waals surface area contributed by atoms with Gasteiger partial charge in [-0.3, -0.25) is 4.90 Å². The van der Waals surface area contributed by atoms with E-state index in [0.29, 0.717) is 12.1 Å². The van der Waals surface area contributed by atoms with Gasteiger partial charge in [-0.2, -0.15) is 8.75 Å². The molecule has 2 heterocycles. The number of aromatic nitrogens is 2. The molecular formula is C9H16N4S. The van der Waals surface area contributed by atoms with Crippen molar-refractivity contribution in [1.29, 1.82) is 0 Å². The highest BCUT2D eigenvalue weighted by Crippen LogP contribution is 2.08. The van der Waals surface area contributed by atoms with E-state index in [-0.39, 0.29) is 0 Å². The van der Waals surface area contributed by atoms with Crippen molar-refractivity contribution >= 4 is 11.7 Å². The summed E-state index contributed by atoms with van der Waals surface area (Å²) in [5.74, 6) is 0. The van der Waals surface area contributed by atoms with Crippen molar-refractivity contribution in [2.45, 2.75) is 32.5 Å². The molecule has 2 unspecified atom stereocenters. The van der Waals surface area contributed by atoms with Crippen LogP contribution in [-0.4, -0.2) is 38.8 Å². The summed E-state index contributed by atoms with van der Waals surface area (Å²) in [7, 11) is 0. The molecule has 14 heavy (non-hydrogen) atoms. The van der Waals surface area contributed by atoms with E-state index in [1.807, 2.05) is 6.20 Å². The number of rotatable bonds is 2. The zero-order chi connectivity index (χ0) is 9.97. The first-order valence-corrected chi connectivity index (χ1v) is 5.72.